The van der Waals surface area contributed by atoms with E-state index in [1.807, 2.05) is 13.0 Å². The highest BCUT2D eigenvalue weighted by Crippen LogP contribution is 2.30. The van der Waals surface area contributed by atoms with Crippen LogP contribution in [0.15, 0.2) is 18.2 Å². The topological polar surface area (TPSA) is 37.3 Å². The van der Waals surface area contributed by atoms with Gasteiger partial charge in [0.2, 0.25) is 0 Å². The Morgan fingerprint density at radius 1 is 1.54 bits per heavy atom. The molecule has 2 rings (SSSR count). The predicted molar refractivity (Wildman–Crippen MR) is 49.9 cm³/mol. The monoisotopic (exact) mass is 176 g/mol. The van der Waals surface area contributed by atoms with Gasteiger partial charge in [0.1, 0.15) is 5.75 Å². The summed E-state index contributed by atoms with van der Waals surface area (Å²) in [4.78, 5) is 11.7. The molecule has 0 aromatic heterocycles. The number of aromatic hydroxyl groups is 1. The van der Waals surface area contributed by atoms with Gasteiger partial charge in [0, 0.05) is 11.5 Å². The standard InChI is InChI=1S/C11H12O2/c1-2-7-5-8-3-4-9(12)6-10(8)11(7)13/h3-4,6-7,12H,2,5H2,1H3/t7-/m1/s1. The van der Waals surface area contributed by atoms with E-state index in [9.17, 15) is 9.90 Å². The molecule has 13 heavy (non-hydrogen) atoms. The van der Waals surface area contributed by atoms with Crippen molar-refractivity contribution in [3.8, 4) is 5.75 Å². The van der Waals surface area contributed by atoms with E-state index in [-0.39, 0.29) is 17.5 Å². The first-order valence-electron chi connectivity index (χ1n) is 4.58. The maximum atomic E-state index is 11.7. The van der Waals surface area contributed by atoms with Gasteiger partial charge in [-0.25, -0.2) is 0 Å². The third-order valence-electron chi connectivity index (χ3n) is 2.69. The molecule has 0 saturated carbocycles. The van der Waals surface area contributed by atoms with Crippen LogP contribution in [0, 0.1) is 5.92 Å². The molecule has 0 amide bonds. The van der Waals surface area contributed by atoms with E-state index in [1.165, 1.54) is 0 Å². The van der Waals surface area contributed by atoms with E-state index in [0.717, 1.165) is 18.4 Å². The average molecular weight is 176 g/mol. The Kier molecular flexibility index (Phi) is 1.83. The third-order valence-corrected chi connectivity index (χ3v) is 2.69. The summed E-state index contributed by atoms with van der Waals surface area (Å²) in [7, 11) is 0. The normalized spacial score (nSPS) is 20.4. The number of phenols is 1. The average Bonchev–Trinajstić information content (AvgIpc) is 2.44. The number of carbonyl (C=O) groups excluding carboxylic acids is 1. The lowest BCUT2D eigenvalue weighted by Gasteiger charge is -2.00. The Bertz CT molecular complexity index is 355. The van der Waals surface area contributed by atoms with Crippen molar-refractivity contribution >= 4 is 5.78 Å². The largest absolute Gasteiger partial charge is 0.508 e. The summed E-state index contributed by atoms with van der Waals surface area (Å²) in [5, 5.41) is 9.22. The summed E-state index contributed by atoms with van der Waals surface area (Å²) >= 11 is 0. The number of carbonyl (C=O) groups is 1. The second kappa shape index (κ2) is 2.87. The molecule has 1 aliphatic rings. The summed E-state index contributed by atoms with van der Waals surface area (Å²) in [6.07, 6.45) is 1.72. The summed E-state index contributed by atoms with van der Waals surface area (Å²) in [6, 6.07) is 5.07. The van der Waals surface area contributed by atoms with E-state index >= 15 is 0 Å². The van der Waals surface area contributed by atoms with Gasteiger partial charge in [0.15, 0.2) is 5.78 Å². The Hall–Kier alpha value is -1.31. The fraction of sp³-hybridized carbons (Fsp3) is 0.364. The second-order valence-corrected chi connectivity index (χ2v) is 3.51. The molecule has 0 spiro atoms. The minimum atomic E-state index is 0.136. The molecule has 0 radical (unpaired) electrons. The molecule has 0 unspecified atom stereocenters. The van der Waals surface area contributed by atoms with Crippen molar-refractivity contribution in [1.29, 1.82) is 0 Å². The first kappa shape index (κ1) is 8.30. The van der Waals surface area contributed by atoms with Gasteiger partial charge in [-0.05, 0) is 30.5 Å². The van der Waals surface area contributed by atoms with Crippen molar-refractivity contribution in [3.63, 3.8) is 0 Å². The molecule has 0 aliphatic heterocycles. The summed E-state index contributed by atoms with van der Waals surface area (Å²) < 4.78 is 0. The van der Waals surface area contributed by atoms with Gasteiger partial charge >= 0.3 is 0 Å². The first-order chi connectivity index (χ1) is 6.22. The molecule has 2 nitrogen and oxygen atoms in total. The molecule has 0 fully saturated rings. The zero-order valence-corrected chi connectivity index (χ0v) is 7.58. The molecule has 68 valence electrons. The molecule has 0 bridgehead atoms. The van der Waals surface area contributed by atoms with E-state index < -0.39 is 0 Å². The van der Waals surface area contributed by atoms with Gasteiger partial charge < -0.3 is 5.11 Å². The number of Topliss-reactive ketones (excluding diaryl/α,β-unsaturated/α-hetero) is 1. The van der Waals surface area contributed by atoms with E-state index in [2.05, 4.69) is 0 Å². The molecule has 1 atom stereocenters. The fourth-order valence-corrected chi connectivity index (χ4v) is 1.88. The molecule has 0 saturated heterocycles. The Morgan fingerprint density at radius 3 is 3.00 bits per heavy atom. The number of fused-ring (bicyclic) bond motifs is 1. The molecular weight excluding hydrogens is 164 g/mol. The Balaban J connectivity index is 2.45. The molecule has 2 heteroatoms. The van der Waals surface area contributed by atoms with Crippen molar-refractivity contribution < 1.29 is 9.90 Å². The number of phenolic OH excluding ortho intramolecular Hbond substituents is 1. The van der Waals surface area contributed by atoms with Crippen LogP contribution in [0.25, 0.3) is 0 Å². The van der Waals surface area contributed by atoms with Gasteiger partial charge in [0.05, 0.1) is 0 Å². The third kappa shape index (κ3) is 1.22. The number of hydrogen-bond donors (Lipinski definition) is 1. The summed E-state index contributed by atoms with van der Waals surface area (Å²) in [5.74, 6) is 0.508. The van der Waals surface area contributed by atoms with Gasteiger partial charge in [-0.3, -0.25) is 4.79 Å². The maximum Gasteiger partial charge on any atom is 0.166 e. The zero-order valence-electron chi connectivity index (χ0n) is 7.58. The molecule has 1 aliphatic carbocycles. The molecule has 1 N–H and O–H groups in total. The van der Waals surface area contributed by atoms with Crippen LogP contribution in [0.3, 0.4) is 0 Å². The van der Waals surface area contributed by atoms with Crippen LogP contribution < -0.4 is 0 Å². The van der Waals surface area contributed by atoms with Crippen LogP contribution >= 0.6 is 0 Å². The number of ketones is 1. The van der Waals surface area contributed by atoms with Crippen LogP contribution in [-0.2, 0) is 6.42 Å². The second-order valence-electron chi connectivity index (χ2n) is 3.51. The highest BCUT2D eigenvalue weighted by atomic mass is 16.3. The van der Waals surface area contributed by atoms with Crippen molar-refractivity contribution in [2.45, 2.75) is 19.8 Å². The molecule has 1 aromatic carbocycles. The van der Waals surface area contributed by atoms with E-state index in [1.54, 1.807) is 12.1 Å². The number of benzene rings is 1. The highest BCUT2D eigenvalue weighted by molar-refractivity contribution is 6.02. The lowest BCUT2D eigenvalue weighted by Crippen LogP contribution is -2.06. The van der Waals surface area contributed by atoms with Crippen LogP contribution in [0.2, 0.25) is 0 Å². The van der Waals surface area contributed by atoms with Crippen molar-refractivity contribution in [3.05, 3.63) is 29.3 Å². The van der Waals surface area contributed by atoms with Crippen LogP contribution in [0.5, 0.6) is 5.75 Å². The van der Waals surface area contributed by atoms with Crippen LogP contribution in [0.1, 0.15) is 29.3 Å². The Labute approximate surface area is 77.2 Å². The van der Waals surface area contributed by atoms with Crippen molar-refractivity contribution in [2.24, 2.45) is 5.92 Å². The highest BCUT2D eigenvalue weighted by Gasteiger charge is 2.28. The lowest BCUT2D eigenvalue weighted by molar-refractivity contribution is 0.0934. The van der Waals surface area contributed by atoms with Crippen molar-refractivity contribution in [2.75, 3.05) is 0 Å². The summed E-state index contributed by atoms with van der Waals surface area (Å²) in [6.45, 7) is 2.02. The minimum absolute atomic E-state index is 0.136. The van der Waals surface area contributed by atoms with Crippen LogP contribution in [-0.4, -0.2) is 10.9 Å². The Morgan fingerprint density at radius 2 is 2.31 bits per heavy atom. The molecule has 0 heterocycles. The quantitative estimate of drug-likeness (QED) is 0.711. The van der Waals surface area contributed by atoms with Crippen molar-refractivity contribution in [1.82, 2.24) is 0 Å². The SMILES string of the molecule is CC[C@@H]1Cc2ccc(O)cc2C1=O. The minimum Gasteiger partial charge on any atom is -0.508 e. The van der Waals surface area contributed by atoms with Gasteiger partial charge in [0.25, 0.3) is 0 Å². The number of rotatable bonds is 1. The number of hydrogen-bond acceptors (Lipinski definition) is 2. The van der Waals surface area contributed by atoms with E-state index in [0.29, 0.717) is 5.56 Å². The molecular formula is C11H12O2. The van der Waals surface area contributed by atoms with Gasteiger partial charge in [-0.2, -0.15) is 0 Å². The molecule has 1 aromatic rings. The van der Waals surface area contributed by atoms with Gasteiger partial charge in [-0.15, -0.1) is 0 Å². The van der Waals surface area contributed by atoms with Crippen LogP contribution in [0.4, 0.5) is 0 Å². The van der Waals surface area contributed by atoms with Gasteiger partial charge in [-0.1, -0.05) is 13.0 Å². The van der Waals surface area contributed by atoms with E-state index in [4.69, 9.17) is 0 Å². The fourth-order valence-electron chi connectivity index (χ4n) is 1.88. The summed E-state index contributed by atoms with van der Waals surface area (Å²) in [5.41, 5.74) is 1.79. The maximum absolute atomic E-state index is 11.7. The first-order valence-corrected chi connectivity index (χ1v) is 4.58. The lowest BCUT2D eigenvalue weighted by atomic mass is 10.0. The smallest absolute Gasteiger partial charge is 0.166 e. The predicted octanol–water partition coefficient (Wildman–Crippen LogP) is 2.16. The zero-order chi connectivity index (χ0) is 9.42.